The van der Waals surface area contributed by atoms with Crippen molar-refractivity contribution >= 4 is 11.7 Å². The summed E-state index contributed by atoms with van der Waals surface area (Å²) >= 11 is 0. The van der Waals surface area contributed by atoms with Crippen molar-refractivity contribution in [3.05, 3.63) is 41.1 Å². The summed E-state index contributed by atoms with van der Waals surface area (Å²) in [5.74, 6) is 1.85. The molecule has 35 heavy (non-hydrogen) atoms. The Labute approximate surface area is 205 Å². The largest absolute Gasteiger partial charge is 0.490 e. The lowest BCUT2D eigenvalue weighted by Gasteiger charge is -2.17. The normalized spacial score (nSPS) is 11.9. The molecule has 1 atom stereocenters. The maximum atomic E-state index is 11.1. The number of benzene rings is 1. The summed E-state index contributed by atoms with van der Waals surface area (Å²) in [6, 6.07) is 7.71. The Morgan fingerprint density at radius 1 is 1.17 bits per heavy atom. The van der Waals surface area contributed by atoms with Gasteiger partial charge in [0, 0.05) is 37.0 Å². The van der Waals surface area contributed by atoms with Gasteiger partial charge in [0.1, 0.15) is 30.9 Å². The van der Waals surface area contributed by atoms with E-state index in [4.69, 9.17) is 14.4 Å². The molecule has 0 fully saturated rings. The highest BCUT2D eigenvalue weighted by atomic mass is 16.5. The van der Waals surface area contributed by atoms with Crippen molar-refractivity contribution in [1.29, 1.82) is 0 Å². The summed E-state index contributed by atoms with van der Waals surface area (Å²) in [4.78, 5) is 22.4. The second kappa shape index (κ2) is 11.8. The Hall–Kier alpha value is -3.50. The molecule has 188 valence electrons. The minimum absolute atomic E-state index is 0.000462. The van der Waals surface area contributed by atoms with Gasteiger partial charge in [-0.3, -0.25) is 4.79 Å². The number of anilines is 1. The number of ether oxygens (including phenoxy) is 1. The van der Waals surface area contributed by atoms with Crippen molar-refractivity contribution in [2.75, 3.05) is 38.3 Å². The highest BCUT2D eigenvalue weighted by Crippen LogP contribution is 2.32. The summed E-state index contributed by atoms with van der Waals surface area (Å²) in [6.45, 7) is 8.12. The van der Waals surface area contributed by atoms with E-state index in [0.29, 0.717) is 23.9 Å². The van der Waals surface area contributed by atoms with Crippen molar-refractivity contribution in [3.63, 3.8) is 0 Å². The monoisotopic (exact) mass is 483 g/mol. The molecule has 0 aliphatic rings. The van der Waals surface area contributed by atoms with Gasteiger partial charge in [0.25, 0.3) is 5.89 Å². The summed E-state index contributed by atoms with van der Waals surface area (Å²) in [6.07, 6.45) is -0.216. The SMILES string of the molecule is CCc1cc(-c2nc(-c3cc(C)nc(N(C)CC)c3)no2)cc(C)c1OC[C@@H](O)CNC(=O)CO. The Morgan fingerprint density at radius 2 is 1.94 bits per heavy atom. The van der Waals surface area contributed by atoms with Crippen LogP contribution >= 0.6 is 0 Å². The maximum absolute atomic E-state index is 11.1. The highest BCUT2D eigenvalue weighted by Gasteiger charge is 2.17. The molecule has 0 spiro atoms. The third-order valence-electron chi connectivity index (χ3n) is 5.57. The zero-order valence-corrected chi connectivity index (χ0v) is 20.8. The average Bonchev–Trinajstić information content (AvgIpc) is 3.35. The van der Waals surface area contributed by atoms with Crippen LogP contribution in [0.3, 0.4) is 0 Å². The number of amides is 1. The van der Waals surface area contributed by atoms with E-state index in [1.54, 1.807) is 0 Å². The predicted octanol–water partition coefficient (Wildman–Crippen LogP) is 2.28. The Bertz CT molecular complexity index is 1160. The van der Waals surface area contributed by atoms with Crippen LogP contribution < -0.4 is 15.0 Å². The van der Waals surface area contributed by atoms with E-state index in [2.05, 4.69) is 27.4 Å². The molecule has 0 unspecified atom stereocenters. The van der Waals surface area contributed by atoms with Gasteiger partial charge in [-0.15, -0.1) is 0 Å². The molecule has 0 saturated heterocycles. The molecule has 10 nitrogen and oxygen atoms in total. The van der Waals surface area contributed by atoms with Crippen LogP contribution in [0, 0.1) is 13.8 Å². The number of nitrogens with zero attached hydrogens (tertiary/aromatic N) is 4. The van der Waals surface area contributed by atoms with Gasteiger partial charge in [0.05, 0.1) is 0 Å². The molecule has 3 rings (SSSR count). The molecular formula is C25H33N5O5. The molecule has 2 aromatic heterocycles. The number of rotatable bonds is 11. The number of aliphatic hydroxyl groups excluding tert-OH is 2. The fourth-order valence-corrected chi connectivity index (χ4v) is 3.56. The van der Waals surface area contributed by atoms with Gasteiger partial charge in [0.15, 0.2) is 0 Å². The average molecular weight is 484 g/mol. The van der Waals surface area contributed by atoms with E-state index in [0.717, 1.165) is 40.3 Å². The summed E-state index contributed by atoms with van der Waals surface area (Å²) in [7, 11) is 1.98. The number of nitrogens with one attached hydrogen (secondary N) is 1. The van der Waals surface area contributed by atoms with E-state index in [9.17, 15) is 9.90 Å². The molecule has 0 aliphatic carbocycles. The zero-order chi connectivity index (χ0) is 25.5. The van der Waals surface area contributed by atoms with Crippen LogP contribution in [0.1, 0.15) is 30.7 Å². The lowest BCUT2D eigenvalue weighted by Crippen LogP contribution is -2.36. The predicted molar refractivity (Wildman–Crippen MR) is 132 cm³/mol. The van der Waals surface area contributed by atoms with Gasteiger partial charge in [-0.1, -0.05) is 12.1 Å². The number of aliphatic hydroxyl groups is 2. The van der Waals surface area contributed by atoms with E-state index < -0.39 is 18.6 Å². The standard InChI is InChI=1S/C25H33N5O5/c1-6-17-10-19(8-15(3)23(17)34-14-20(32)12-26-22(33)13-31)25-28-24(29-35-25)18-9-16(4)27-21(11-18)30(5)7-2/h8-11,20,31-32H,6-7,12-14H2,1-5H3,(H,26,33)/t20-/m0/s1. The molecule has 0 bridgehead atoms. The Balaban J connectivity index is 1.80. The smallest absolute Gasteiger partial charge is 0.258 e. The highest BCUT2D eigenvalue weighted by molar-refractivity contribution is 5.76. The van der Waals surface area contributed by atoms with Crippen molar-refractivity contribution in [1.82, 2.24) is 20.4 Å². The summed E-state index contributed by atoms with van der Waals surface area (Å²) in [5, 5.41) is 25.4. The van der Waals surface area contributed by atoms with E-state index >= 15 is 0 Å². The molecule has 2 heterocycles. The lowest BCUT2D eigenvalue weighted by atomic mass is 10.0. The van der Waals surface area contributed by atoms with E-state index in [1.807, 2.05) is 57.0 Å². The number of carbonyl (C=O) groups excluding carboxylic acids is 1. The molecule has 0 radical (unpaired) electrons. The van der Waals surface area contributed by atoms with Crippen molar-refractivity contribution in [2.45, 2.75) is 40.2 Å². The summed E-state index contributed by atoms with van der Waals surface area (Å²) < 4.78 is 11.5. The van der Waals surface area contributed by atoms with Gasteiger partial charge in [-0.25, -0.2) is 4.98 Å². The van der Waals surface area contributed by atoms with Crippen LogP contribution in [0.2, 0.25) is 0 Å². The molecule has 3 aromatic rings. The number of aryl methyl sites for hydroxylation is 3. The minimum Gasteiger partial charge on any atom is -0.490 e. The molecule has 1 amide bonds. The van der Waals surface area contributed by atoms with Crippen LogP contribution in [-0.4, -0.2) is 70.7 Å². The number of pyridine rings is 1. The molecule has 1 aromatic carbocycles. The number of aromatic nitrogens is 3. The van der Waals surface area contributed by atoms with E-state index in [1.165, 1.54) is 0 Å². The molecule has 3 N–H and O–H groups in total. The molecule has 10 heteroatoms. The van der Waals surface area contributed by atoms with Crippen molar-refractivity contribution in [2.24, 2.45) is 0 Å². The first-order valence-electron chi connectivity index (χ1n) is 11.6. The van der Waals surface area contributed by atoms with Crippen LogP contribution in [0.5, 0.6) is 5.75 Å². The first-order valence-corrected chi connectivity index (χ1v) is 11.6. The Morgan fingerprint density at radius 3 is 2.63 bits per heavy atom. The van der Waals surface area contributed by atoms with Crippen LogP contribution in [0.25, 0.3) is 22.8 Å². The van der Waals surface area contributed by atoms with Gasteiger partial charge < -0.3 is 29.7 Å². The first kappa shape index (κ1) is 26.1. The van der Waals surface area contributed by atoms with Gasteiger partial charge in [0.2, 0.25) is 11.7 Å². The quantitative estimate of drug-likeness (QED) is 0.375. The van der Waals surface area contributed by atoms with Gasteiger partial charge >= 0.3 is 0 Å². The second-order valence-corrected chi connectivity index (χ2v) is 8.35. The fraction of sp³-hybridized carbons (Fsp3) is 0.440. The number of carbonyl (C=O) groups is 1. The van der Waals surface area contributed by atoms with Gasteiger partial charge in [-0.05, 0) is 62.6 Å². The van der Waals surface area contributed by atoms with Crippen molar-refractivity contribution in [3.8, 4) is 28.6 Å². The molecule has 0 aliphatic heterocycles. The lowest BCUT2D eigenvalue weighted by molar-refractivity contribution is -0.124. The zero-order valence-electron chi connectivity index (χ0n) is 20.8. The van der Waals surface area contributed by atoms with Crippen LogP contribution in [0.4, 0.5) is 5.82 Å². The maximum Gasteiger partial charge on any atom is 0.258 e. The topological polar surface area (TPSA) is 134 Å². The van der Waals surface area contributed by atoms with Crippen LogP contribution in [0.15, 0.2) is 28.8 Å². The van der Waals surface area contributed by atoms with Crippen molar-refractivity contribution < 1.29 is 24.3 Å². The van der Waals surface area contributed by atoms with Gasteiger partial charge in [-0.2, -0.15) is 4.98 Å². The third-order valence-corrected chi connectivity index (χ3v) is 5.57. The summed E-state index contributed by atoms with van der Waals surface area (Å²) in [5.41, 5.74) is 4.26. The number of hydrogen-bond donors (Lipinski definition) is 3. The van der Waals surface area contributed by atoms with E-state index in [-0.39, 0.29) is 13.2 Å². The molecule has 0 saturated carbocycles. The molecular weight excluding hydrogens is 450 g/mol. The first-order chi connectivity index (χ1) is 16.7. The second-order valence-electron chi connectivity index (χ2n) is 8.35. The minimum atomic E-state index is -0.909. The fourth-order valence-electron chi connectivity index (χ4n) is 3.56. The Kier molecular flexibility index (Phi) is 8.78. The number of hydrogen-bond acceptors (Lipinski definition) is 9. The van der Waals surface area contributed by atoms with Crippen LogP contribution in [-0.2, 0) is 11.2 Å². The third kappa shape index (κ3) is 6.55.